The lowest BCUT2D eigenvalue weighted by atomic mass is 10.2. The van der Waals surface area contributed by atoms with Crippen molar-refractivity contribution in [1.82, 2.24) is 0 Å². The van der Waals surface area contributed by atoms with Crippen molar-refractivity contribution in [1.29, 1.82) is 0 Å². The standard InChI is InChI=1S/C10H12O4/c1-12-8-13-14-10(11)7-9-5-3-2-4-6-9/h2-6H,7-8H2,1H3. The summed E-state index contributed by atoms with van der Waals surface area (Å²) in [5.41, 5.74) is 0.888. The number of carbonyl (C=O) groups excluding carboxylic acids is 1. The van der Waals surface area contributed by atoms with Crippen molar-refractivity contribution in [3.05, 3.63) is 35.9 Å². The highest BCUT2D eigenvalue weighted by Crippen LogP contribution is 2.00. The third-order valence-electron chi connectivity index (χ3n) is 1.51. The molecule has 0 saturated carbocycles. The molecule has 0 saturated heterocycles. The van der Waals surface area contributed by atoms with E-state index in [1.165, 1.54) is 7.11 Å². The zero-order chi connectivity index (χ0) is 10.2. The van der Waals surface area contributed by atoms with Crippen molar-refractivity contribution in [3.8, 4) is 0 Å². The van der Waals surface area contributed by atoms with E-state index in [9.17, 15) is 4.79 Å². The highest BCUT2D eigenvalue weighted by molar-refractivity contribution is 5.71. The van der Waals surface area contributed by atoms with Gasteiger partial charge in [0.1, 0.15) is 0 Å². The van der Waals surface area contributed by atoms with Crippen molar-refractivity contribution in [3.63, 3.8) is 0 Å². The number of carbonyl (C=O) groups is 1. The molecule has 0 aliphatic carbocycles. The predicted molar refractivity (Wildman–Crippen MR) is 49.2 cm³/mol. The van der Waals surface area contributed by atoms with Gasteiger partial charge >= 0.3 is 5.97 Å². The molecule has 4 heteroatoms. The molecule has 4 nitrogen and oxygen atoms in total. The molecule has 1 aromatic carbocycles. The molecule has 0 heterocycles. The molecule has 0 spiro atoms. The van der Waals surface area contributed by atoms with E-state index in [1.54, 1.807) is 0 Å². The number of hydrogen-bond donors (Lipinski definition) is 0. The van der Waals surface area contributed by atoms with Gasteiger partial charge in [0.15, 0.2) is 6.79 Å². The van der Waals surface area contributed by atoms with Crippen LogP contribution in [0.25, 0.3) is 0 Å². The quantitative estimate of drug-likeness (QED) is 0.308. The zero-order valence-corrected chi connectivity index (χ0v) is 7.93. The second kappa shape index (κ2) is 6.12. The molecule has 0 N–H and O–H groups in total. The molecule has 0 radical (unpaired) electrons. The summed E-state index contributed by atoms with van der Waals surface area (Å²) in [5.74, 6) is -0.437. The SMILES string of the molecule is COCOOC(=O)Cc1ccccc1. The van der Waals surface area contributed by atoms with E-state index in [2.05, 4.69) is 14.5 Å². The maximum absolute atomic E-state index is 11.1. The third-order valence-corrected chi connectivity index (χ3v) is 1.51. The number of benzene rings is 1. The molecule has 0 fully saturated rings. The molecule has 0 atom stereocenters. The largest absolute Gasteiger partial charge is 0.355 e. The van der Waals surface area contributed by atoms with Gasteiger partial charge in [-0.15, -0.1) is 0 Å². The summed E-state index contributed by atoms with van der Waals surface area (Å²) in [5, 5.41) is 0. The van der Waals surface area contributed by atoms with Gasteiger partial charge in [0.2, 0.25) is 0 Å². The van der Waals surface area contributed by atoms with Crippen LogP contribution in [0.3, 0.4) is 0 Å². The normalized spacial score (nSPS) is 9.79. The second-order valence-corrected chi connectivity index (χ2v) is 2.64. The van der Waals surface area contributed by atoms with Crippen LogP contribution in [0.1, 0.15) is 5.56 Å². The number of ether oxygens (including phenoxy) is 1. The van der Waals surface area contributed by atoms with E-state index < -0.39 is 5.97 Å². The van der Waals surface area contributed by atoms with E-state index >= 15 is 0 Å². The van der Waals surface area contributed by atoms with Crippen LogP contribution in [0.2, 0.25) is 0 Å². The van der Waals surface area contributed by atoms with E-state index in [0.717, 1.165) is 5.56 Å². The van der Waals surface area contributed by atoms with Crippen molar-refractivity contribution in [2.24, 2.45) is 0 Å². The molecule has 0 unspecified atom stereocenters. The Bertz CT molecular complexity index is 271. The lowest BCUT2D eigenvalue weighted by Crippen LogP contribution is -2.09. The molecule has 1 aromatic rings. The van der Waals surface area contributed by atoms with Gasteiger partial charge < -0.3 is 4.74 Å². The van der Waals surface area contributed by atoms with Crippen LogP contribution < -0.4 is 0 Å². The van der Waals surface area contributed by atoms with Gasteiger partial charge in [-0.05, 0) is 5.56 Å². The second-order valence-electron chi connectivity index (χ2n) is 2.64. The molecule has 0 aliphatic heterocycles. The average Bonchev–Trinajstić information content (AvgIpc) is 2.20. The van der Waals surface area contributed by atoms with Gasteiger partial charge in [-0.2, -0.15) is 4.89 Å². The molecular weight excluding hydrogens is 184 g/mol. The Labute approximate surface area is 82.3 Å². The number of methoxy groups -OCH3 is 1. The van der Waals surface area contributed by atoms with Crippen LogP contribution in [0.4, 0.5) is 0 Å². The third kappa shape index (κ3) is 4.02. The van der Waals surface area contributed by atoms with E-state index in [1.807, 2.05) is 30.3 Å². The fraction of sp³-hybridized carbons (Fsp3) is 0.300. The molecule has 0 amide bonds. The first-order valence-corrected chi connectivity index (χ1v) is 4.18. The minimum atomic E-state index is -0.437. The van der Waals surface area contributed by atoms with Gasteiger partial charge in [0.05, 0.1) is 6.42 Å². The highest BCUT2D eigenvalue weighted by Gasteiger charge is 2.04. The summed E-state index contributed by atoms with van der Waals surface area (Å²) in [7, 11) is 1.45. The van der Waals surface area contributed by atoms with Crippen molar-refractivity contribution in [2.75, 3.05) is 13.9 Å². The fourth-order valence-electron chi connectivity index (χ4n) is 0.930. The smallest absolute Gasteiger partial charge is 0.346 e. The zero-order valence-electron chi connectivity index (χ0n) is 7.93. The Hall–Kier alpha value is -1.39. The molecule has 76 valence electrons. The first-order chi connectivity index (χ1) is 6.83. The molecule has 0 bridgehead atoms. The van der Waals surface area contributed by atoms with Crippen molar-refractivity contribution >= 4 is 5.97 Å². The molecule has 14 heavy (non-hydrogen) atoms. The summed E-state index contributed by atoms with van der Waals surface area (Å²) in [6.07, 6.45) is 0.199. The minimum Gasteiger partial charge on any atom is -0.355 e. The summed E-state index contributed by atoms with van der Waals surface area (Å²) in [6, 6.07) is 9.29. The number of hydrogen-bond acceptors (Lipinski definition) is 4. The maximum atomic E-state index is 11.1. The van der Waals surface area contributed by atoms with Gasteiger partial charge in [-0.1, -0.05) is 30.3 Å². The van der Waals surface area contributed by atoms with Gasteiger partial charge in [0.25, 0.3) is 0 Å². The van der Waals surface area contributed by atoms with Gasteiger partial charge in [-0.25, -0.2) is 4.79 Å². The van der Waals surface area contributed by atoms with Crippen molar-refractivity contribution in [2.45, 2.75) is 6.42 Å². The van der Waals surface area contributed by atoms with Crippen LogP contribution >= 0.6 is 0 Å². The lowest BCUT2D eigenvalue weighted by Gasteiger charge is -2.02. The van der Waals surface area contributed by atoms with Crippen LogP contribution in [0.15, 0.2) is 30.3 Å². The summed E-state index contributed by atoms with van der Waals surface area (Å²) in [6.45, 7) is -0.0550. The van der Waals surface area contributed by atoms with E-state index in [4.69, 9.17) is 0 Å². The topological polar surface area (TPSA) is 44.8 Å². The van der Waals surface area contributed by atoms with Crippen LogP contribution in [-0.2, 0) is 25.7 Å². The van der Waals surface area contributed by atoms with E-state index in [0.29, 0.717) is 0 Å². The monoisotopic (exact) mass is 196 g/mol. The molecule has 0 aliphatic rings. The average molecular weight is 196 g/mol. The van der Waals surface area contributed by atoms with Crippen LogP contribution in [0.5, 0.6) is 0 Å². The molecule has 0 aromatic heterocycles. The molecule has 1 rings (SSSR count). The molecular formula is C10H12O4. The first-order valence-electron chi connectivity index (χ1n) is 4.18. The Kier molecular flexibility index (Phi) is 4.68. The maximum Gasteiger partial charge on any atom is 0.346 e. The Morgan fingerprint density at radius 3 is 2.64 bits per heavy atom. The van der Waals surface area contributed by atoms with Crippen LogP contribution in [0, 0.1) is 0 Å². The Morgan fingerprint density at radius 2 is 2.00 bits per heavy atom. The summed E-state index contributed by atoms with van der Waals surface area (Å²) in [4.78, 5) is 20.0. The first kappa shape index (κ1) is 10.7. The van der Waals surface area contributed by atoms with Crippen molar-refractivity contribution < 1.29 is 19.3 Å². The Morgan fingerprint density at radius 1 is 1.29 bits per heavy atom. The summed E-state index contributed by atoms with van der Waals surface area (Å²) < 4.78 is 4.54. The number of rotatable bonds is 5. The van der Waals surface area contributed by atoms with Crippen LogP contribution in [-0.4, -0.2) is 19.9 Å². The van der Waals surface area contributed by atoms with Gasteiger partial charge in [0, 0.05) is 7.11 Å². The van der Waals surface area contributed by atoms with E-state index in [-0.39, 0.29) is 13.2 Å². The van der Waals surface area contributed by atoms with Gasteiger partial charge in [-0.3, -0.25) is 4.89 Å². The Balaban J connectivity index is 2.27. The summed E-state index contributed by atoms with van der Waals surface area (Å²) >= 11 is 0. The highest BCUT2D eigenvalue weighted by atomic mass is 17.2. The predicted octanol–water partition coefficient (Wildman–Crippen LogP) is 1.31. The lowest BCUT2D eigenvalue weighted by molar-refractivity contribution is -0.306. The fourth-order valence-corrected chi connectivity index (χ4v) is 0.930. The minimum absolute atomic E-state index is 0.0550.